The average Bonchev–Trinajstić information content (AvgIpc) is 3.37. The number of sulfonamides is 1. The first-order chi connectivity index (χ1) is 15.1. The molecule has 0 radical (unpaired) electrons. The molecule has 32 heavy (non-hydrogen) atoms. The molecule has 1 fully saturated rings. The zero-order chi connectivity index (χ0) is 23.0. The van der Waals surface area contributed by atoms with Crippen LogP contribution in [0.2, 0.25) is 10.0 Å². The molecule has 2 unspecified atom stereocenters. The second-order valence-electron chi connectivity index (χ2n) is 7.80. The molecule has 0 spiro atoms. The number of H-pyrrole nitrogens is 1. The Balaban J connectivity index is 1.73. The van der Waals surface area contributed by atoms with E-state index in [1.807, 2.05) is 0 Å². The second-order valence-corrected chi connectivity index (χ2v) is 10.3. The van der Waals surface area contributed by atoms with Gasteiger partial charge in [0.25, 0.3) is 10.0 Å². The molecule has 0 saturated heterocycles. The Labute approximate surface area is 194 Å². The van der Waals surface area contributed by atoms with E-state index in [2.05, 4.69) is 14.7 Å². The number of aromatic nitrogens is 2. The lowest BCUT2D eigenvalue weighted by Crippen LogP contribution is -2.34. The normalized spacial score (nSPS) is 19.1. The van der Waals surface area contributed by atoms with Crippen LogP contribution in [0.3, 0.4) is 0 Å². The lowest BCUT2D eigenvalue weighted by atomic mass is 9.90. The van der Waals surface area contributed by atoms with Crippen molar-refractivity contribution in [2.75, 3.05) is 0 Å². The zero-order valence-corrected chi connectivity index (χ0v) is 19.0. The Morgan fingerprint density at radius 1 is 1.06 bits per heavy atom. The first-order valence-corrected chi connectivity index (χ1v) is 12.1. The van der Waals surface area contributed by atoms with Crippen LogP contribution in [0, 0.1) is 11.6 Å². The lowest BCUT2D eigenvalue weighted by molar-refractivity contribution is 0.546. The van der Waals surface area contributed by atoms with Gasteiger partial charge in [-0.3, -0.25) is 0 Å². The van der Waals surface area contributed by atoms with Gasteiger partial charge in [-0.25, -0.2) is 26.9 Å². The summed E-state index contributed by atoms with van der Waals surface area (Å²) in [7, 11) is -3.87. The summed E-state index contributed by atoms with van der Waals surface area (Å²) < 4.78 is 55.8. The fourth-order valence-corrected chi connectivity index (χ4v) is 5.49. The number of hydrogen-bond acceptors (Lipinski definition) is 4. The minimum absolute atomic E-state index is 0.0316. The number of rotatable bonds is 6. The number of nitrogens with one attached hydrogen (secondary N) is 2. The summed E-state index contributed by atoms with van der Waals surface area (Å²) >= 11 is 11.9. The van der Waals surface area contributed by atoms with Gasteiger partial charge in [-0.1, -0.05) is 35.3 Å². The first-order valence-electron chi connectivity index (χ1n) is 9.87. The van der Waals surface area contributed by atoms with Crippen LogP contribution < -0.4 is 10.5 Å². The first kappa shape index (κ1) is 23.1. The molecule has 6 nitrogen and oxygen atoms in total. The zero-order valence-electron chi connectivity index (χ0n) is 16.7. The van der Waals surface area contributed by atoms with E-state index in [4.69, 9.17) is 28.9 Å². The molecule has 1 heterocycles. The molecular weight excluding hydrogens is 481 g/mol. The Morgan fingerprint density at radius 2 is 1.66 bits per heavy atom. The molecule has 1 aliphatic carbocycles. The topological polar surface area (TPSA) is 101 Å². The van der Waals surface area contributed by atoms with Crippen LogP contribution in [0.4, 0.5) is 8.78 Å². The van der Waals surface area contributed by atoms with E-state index in [0.717, 1.165) is 6.42 Å². The second kappa shape index (κ2) is 9.07. The van der Waals surface area contributed by atoms with Gasteiger partial charge in [-0.2, -0.15) is 0 Å². The van der Waals surface area contributed by atoms with Gasteiger partial charge in [0, 0.05) is 12.1 Å². The maximum Gasteiger partial charge on any atom is 0.257 e. The quantitative estimate of drug-likeness (QED) is 0.468. The van der Waals surface area contributed by atoms with Crippen LogP contribution in [-0.4, -0.2) is 30.5 Å². The summed E-state index contributed by atoms with van der Waals surface area (Å²) in [6.45, 7) is 0. The van der Waals surface area contributed by atoms with Crippen molar-refractivity contribution in [3.8, 4) is 0 Å². The Kier molecular flexibility index (Phi) is 6.56. The molecule has 1 aromatic heterocycles. The van der Waals surface area contributed by atoms with Gasteiger partial charge in [0.1, 0.15) is 17.5 Å². The van der Waals surface area contributed by atoms with Crippen molar-refractivity contribution in [3.63, 3.8) is 0 Å². The van der Waals surface area contributed by atoms with Gasteiger partial charge in [0.15, 0.2) is 5.03 Å². The van der Waals surface area contributed by atoms with Crippen LogP contribution in [-0.2, 0) is 10.0 Å². The summed E-state index contributed by atoms with van der Waals surface area (Å²) in [5, 5.41) is -0.349. The molecule has 0 aliphatic heterocycles. The van der Waals surface area contributed by atoms with E-state index in [-0.39, 0.29) is 33.0 Å². The molecule has 170 valence electrons. The number of imidazole rings is 1. The minimum atomic E-state index is -3.87. The van der Waals surface area contributed by atoms with Gasteiger partial charge in [-0.05, 0) is 54.7 Å². The third-order valence-corrected chi connectivity index (χ3v) is 7.49. The average molecular weight is 501 g/mol. The highest BCUT2D eigenvalue weighted by atomic mass is 35.5. The lowest BCUT2D eigenvalue weighted by Gasteiger charge is -2.17. The highest BCUT2D eigenvalue weighted by Gasteiger charge is 2.29. The summed E-state index contributed by atoms with van der Waals surface area (Å²) in [5.74, 6) is -1.66. The summed E-state index contributed by atoms with van der Waals surface area (Å²) in [6.07, 6.45) is 3.17. The highest BCUT2D eigenvalue weighted by molar-refractivity contribution is 7.89. The number of halogens is 4. The van der Waals surface area contributed by atoms with Crippen LogP contribution in [0.25, 0.3) is 0 Å². The molecule has 11 heteroatoms. The molecule has 1 aliphatic rings. The van der Waals surface area contributed by atoms with E-state index < -0.39 is 27.6 Å². The van der Waals surface area contributed by atoms with Crippen molar-refractivity contribution in [2.45, 2.75) is 42.3 Å². The van der Waals surface area contributed by atoms with Gasteiger partial charge >= 0.3 is 0 Å². The monoisotopic (exact) mass is 500 g/mol. The largest absolute Gasteiger partial charge is 0.331 e. The van der Waals surface area contributed by atoms with Crippen molar-refractivity contribution in [1.29, 1.82) is 0 Å². The molecule has 3 aromatic rings. The van der Waals surface area contributed by atoms with Gasteiger partial charge in [0.2, 0.25) is 0 Å². The van der Waals surface area contributed by atoms with E-state index >= 15 is 0 Å². The van der Waals surface area contributed by atoms with Crippen LogP contribution in [0.15, 0.2) is 47.6 Å². The molecule has 0 bridgehead atoms. The fraction of sp³-hybridized carbons (Fsp3) is 0.286. The molecule has 4 rings (SSSR count). The number of nitrogens with zero attached hydrogens (tertiary/aromatic N) is 1. The van der Waals surface area contributed by atoms with Crippen molar-refractivity contribution >= 4 is 33.2 Å². The molecule has 4 N–H and O–H groups in total. The summed E-state index contributed by atoms with van der Waals surface area (Å²) in [6, 6.07) is 7.93. The summed E-state index contributed by atoms with van der Waals surface area (Å²) in [4.78, 5) is 7.09. The Bertz CT molecular complexity index is 1200. The highest BCUT2D eigenvalue weighted by Crippen LogP contribution is 2.34. The molecule has 2 atom stereocenters. The standard InChI is InChI=1S/C21H20Cl2F2N4O2S/c22-15-7-11(1-5-17(15)24)20(12-2-6-18(25)16(23)8-12)21-27-10-19(28-21)32(30,31)29-14-4-3-13(26)9-14/h1-2,5-8,10,13-14,20,29H,3-4,9,26H2,(H,27,28). The van der Waals surface area contributed by atoms with Crippen molar-refractivity contribution in [2.24, 2.45) is 5.73 Å². The van der Waals surface area contributed by atoms with Crippen molar-refractivity contribution < 1.29 is 17.2 Å². The van der Waals surface area contributed by atoms with E-state index in [1.54, 1.807) is 0 Å². The van der Waals surface area contributed by atoms with E-state index in [0.29, 0.717) is 24.0 Å². The van der Waals surface area contributed by atoms with Crippen molar-refractivity contribution in [3.05, 3.63) is 81.2 Å². The van der Waals surface area contributed by atoms with Crippen LogP contribution in [0.1, 0.15) is 42.1 Å². The smallest absolute Gasteiger partial charge is 0.257 e. The third kappa shape index (κ3) is 4.82. The van der Waals surface area contributed by atoms with Gasteiger partial charge in [-0.15, -0.1) is 0 Å². The SMILES string of the molecule is NC1CCC(NS(=O)(=O)c2cnc(C(c3ccc(F)c(Cl)c3)c3ccc(F)c(Cl)c3)[nH]2)C1. The fourth-order valence-electron chi connectivity index (χ4n) is 3.90. The third-order valence-electron chi connectivity index (χ3n) is 5.48. The maximum atomic E-state index is 13.7. The maximum absolute atomic E-state index is 13.7. The molecule has 1 saturated carbocycles. The van der Waals surface area contributed by atoms with Gasteiger partial charge in [0.05, 0.1) is 22.2 Å². The number of aromatic amines is 1. The predicted octanol–water partition coefficient (Wildman–Crippen LogP) is 4.33. The number of hydrogen-bond donors (Lipinski definition) is 3. The Hall–Kier alpha value is -2.04. The van der Waals surface area contributed by atoms with E-state index in [9.17, 15) is 17.2 Å². The molecular formula is C21H20Cl2F2N4O2S. The molecule has 2 aromatic carbocycles. The summed E-state index contributed by atoms with van der Waals surface area (Å²) in [5.41, 5.74) is 6.91. The van der Waals surface area contributed by atoms with Crippen LogP contribution in [0.5, 0.6) is 0 Å². The van der Waals surface area contributed by atoms with E-state index in [1.165, 1.54) is 42.6 Å². The van der Waals surface area contributed by atoms with Crippen LogP contribution >= 0.6 is 23.2 Å². The number of nitrogens with two attached hydrogens (primary N) is 1. The number of benzene rings is 2. The van der Waals surface area contributed by atoms with Gasteiger partial charge < -0.3 is 10.7 Å². The predicted molar refractivity (Wildman–Crippen MR) is 118 cm³/mol. The van der Waals surface area contributed by atoms with Crippen molar-refractivity contribution in [1.82, 2.24) is 14.7 Å². The molecule has 0 amide bonds. The minimum Gasteiger partial charge on any atom is -0.331 e. The Morgan fingerprint density at radius 3 is 2.16 bits per heavy atom.